The summed E-state index contributed by atoms with van der Waals surface area (Å²) in [5.41, 5.74) is 3.78. The number of hydrogen-bond acceptors (Lipinski definition) is 1. The minimum Gasteiger partial charge on any atom is -0.389 e. The van der Waals surface area contributed by atoms with Gasteiger partial charge in [0.2, 0.25) is 0 Å². The van der Waals surface area contributed by atoms with Crippen molar-refractivity contribution in [2.24, 2.45) is 0 Å². The van der Waals surface area contributed by atoms with E-state index >= 15 is 0 Å². The van der Waals surface area contributed by atoms with Crippen LogP contribution in [0.4, 0.5) is 0 Å². The summed E-state index contributed by atoms with van der Waals surface area (Å²) in [4.78, 5) is 0. The zero-order chi connectivity index (χ0) is 7.72. The van der Waals surface area contributed by atoms with Crippen LogP contribution in [0, 0.1) is 0 Å². The van der Waals surface area contributed by atoms with Crippen molar-refractivity contribution in [3.8, 4) is 0 Å². The van der Waals surface area contributed by atoms with Gasteiger partial charge in [0.1, 0.15) is 0 Å². The number of allylic oxidation sites excluding steroid dienone is 2. The normalized spacial score (nSPS) is 21.4. The lowest BCUT2D eigenvalue weighted by Crippen LogP contribution is -2.01. The monoisotopic (exact) mass is 138 g/mol. The molecule has 0 aromatic heterocycles. The second-order valence-electron chi connectivity index (χ2n) is 3.08. The van der Waals surface area contributed by atoms with Gasteiger partial charge >= 0.3 is 0 Å². The van der Waals surface area contributed by atoms with Crippen LogP contribution in [0.25, 0.3) is 0 Å². The SMILES string of the molecule is CC1=CC(C(C)O)=C(C)C1. The first-order valence-electron chi connectivity index (χ1n) is 3.66. The third-order valence-corrected chi connectivity index (χ3v) is 1.89. The van der Waals surface area contributed by atoms with E-state index in [2.05, 4.69) is 19.9 Å². The first-order valence-corrected chi connectivity index (χ1v) is 3.66. The third kappa shape index (κ3) is 1.29. The van der Waals surface area contributed by atoms with Crippen molar-refractivity contribution in [3.63, 3.8) is 0 Å². The predicted octanol–water partition coefficient (Wildman–Crippen LogP) is 2.03. The molecule has 1 nitrogen and oxygen atoms in total. The van der Waals surface area contributed by atoms with Gasteiger partial charge in [-0.15, -0.1) is 0 Å². The van der Waals surface area contributed by atoms with Gasteiger partial charge in [0.05, 0.1) is 6.10 Å². The Morgan fingerprint density at radius 1 is 1.50 bits per heavy atom. The summed E-state index contributed by atoms with van der Waals surface area (Å²) in [5.74, 6) is 0. The molecule has 0 spiro atoms. The van der Waals surface area contributed by atoms with Crippen LogP contribution >= 0.6 is 0 Å². The molecule has 0 radical (unpaired) electrons. The number of aliphatic hydroxyl groups excluding tert-OH is 1. The van der Waals surface area contributed by atoms with Crippen LogP contribution in [-0.4, -0.2) is 11.2 Å². The molecule has 0 amide bonds. The molecular formula is C9H14O. The lowest BCUT2D eigenvalue weighted by molar-refractivity contribution is 0.234. The van der Waals surface area contributed by atoms with E-state index < -0.39 is 0 Å². The van der Waals surface area contributed by atoms with E-state index in [0.29, 0.717) is 0 Å². The van der Waals surface area contributed by atoms with Crippen molar-refractivity contribution in [1.29, 1.82) is 0 Å². The highest BCUT2D eigenvalue weighted by molar-refractivity contribution is 5.39. The van der Waals surface area contributed by atoms with Gasteiger partial charge in [0, 0.05) is 0 Å². The highest BCUT2D eigenvalue weighted by Gasteiger charge is 2.12. The van der Waals surface area contributed by atoms with Crippen molar-refractivity contribution in [3.05, 3.63) is 22.8 Å². The quantitative estimate of drug-likeness (QED) is 0.588. The maximum atomic E-state index is 9.24. The summed E-state index contributed by atoms with van der Waals surface area (Å²) in [6.45, 7) is 5.99. The molecule has 56 valence electrons. The molecule has 1 heteroatoms. The van der Waals surface area contributed by atoms with E-state index in [1.807, 2.05) is 6.92 Å². The maximum absolute atomic E-state index is 9.24. The molecule has 0 saturated heterocycles. The third-order valence-electron chi connectivity index (χ3n) is 1.89. The molecule has 0 aromatic carbocycles. The minimum atomic E-state index is -0.294. The van der Waals surface area contributed by atoms with Crippen LogP contribution in [0.2, 0.25) is 0 Å². The zero-order valence-corrected chi connectivity index (χ0v) is 6.81. The number of hydrogen-bond donors (Lipinski definition) is 1. The summed E-state index contributed by atoms with van der Waals surface area (Å²) >= 11 is 0. The molecule has 0 aromatic rings. The molecule has 0 saturated carbocycles. The predicted molar refractivity (Wildman–Crippen MR) is 42.8 cm³/mol. The fourth-order valence-corrected chi connectivity index (χ4v) is 1.44. The second-order valence-corrected chi connectivity index (χ2v) is 3.08. The molecule has 0 bridgehead atoms. The van der Waals surface area contributed by atoms with Crippen LogP contribution in [0.3, 0.4) is 0 Å². The van der Waals surface area contributed by atoms with E-state index in [-0.39, 0.29) is 6.10 Å². The lowest BCUT2D eigenvalue weighted by Gasteiger charge is -2.03. The molecule has 10 heavy (non-hydrogen) atoms. The summed E-state index contributed by atoms with van der Waals surface area (Å²) in [5, 5.41) is 9.24. The summed E-state index contributed by atoms with van der Waals surface area (Å²) in [6.07, 6.45) is 2.83. The van der Waals surface area contributed by atoms with Crippen LogP contribution in [0.15, 0.2) is 22.8 Å². The van der Waals surface area contributed by atoms with Gasteiger partial charge in [-0.25, -0.2) is 0 Å². The van der Waals surface area contributed by atoms with Crippen LogP contribution in [-0.2, 0) is 0 Å². The molecular weight excluding hydrogens is 124 g/mol. The average Bonchev–Trinajstić information content (AvgIpc) is 2.10. The summed E-state index contributed by atoms with van der Waals surface area (Å²) in [7, 11) is 0. The highest BCUT2D eigenvalue weighted by Crippen LogP contribution is 2.26. The molecule has 1 N–H and O–H groups in total. The molecule has 0 heterocycles. The lowest BCUT2D eigenvalue weighted by atomic mass is 10.1. The Kier molecular flexibility index (Phi) is 1.95. The largest absolute Gasteiger partial charge is 0.389 e. The van der Waals surface area contributed by atoms with E-state index in [1.165, 1.54) is 11.1 Å². The molecule has 1 aliphatic rings. The average molecular weight is 138 g/mol. The van der Waals surface area contributed by atoms with E-state index in [1.54, 1.807) is 0 Å². The maximum Gasteiger partial charge on any atom is 0.0761 e. The Labute approximate surface area is 62.1 Å². The first-order chi connectivity index (χ1) is 4.61. The zero-order valence-electron chi connectivity index (χ0n) is 6.81. The molecule has 1 rings (SSSR count). The number of aliphatic hydroxyl groups is 1. The molecule has 1 aliphatic carbocycles. The Morgan fingerprint density at radius 3 is 2.30 bits per heavy atom. The minimum absolute atomic E-state index is 0.294. The molecule has 0 fully saturated rings. The van der Waals surface area contributed by atoms with Gasteiger partial charge in [-0.3, -0.25) is 0 Å². The number of rotatable bonds is 1. The Hall–Kier alpha value is -0.560. The standard InChI is InChI=1S/C9H14O/c1-6-4-7(2)9(5-6)8(3)10/h5,8,10H,4H2,1-3H3. The van der Waals surface area contributed by atoms with Crippen molar-refractivity contribution in [1.82, 2.24) is 0 Å². The topological polar surface area (TPSA) is 20.2 Å². The van der Waals surface area contributed by atoms with Gasteiger partial charge in [-0.1, -0.05) is 17.2 Å². The van der Waals surface area contributed by atoms with Crippen molar-refractivity contribution >= 4 is 0 Å². The summed E-state index contributed by atoms with van der Waals surface area (Å²) < 4.78 is 0. The van der Waals surface area contributed by atoms with Gasteiger partial charge in [-0.2, -0.15) is 0 Å². The van der Waals surface area contributed by atoms with Crippen molar-refractivity contribution in [2.45, 2.75) is 33.3 Å². The first kappa shape index (κ1) is 7.55. The second kappa shape index (κ2) is 2.59. The molecule has 1 unspecified atom stereocenters. The Balaban J connectivity index is 2.82. The van der Waals surface area contributed by atoms with Crippen molar-refractivity contribution < 1.29 is 5.11 Å². The Morgan fingerprint density at radius 2 is 2.10 bits per heavy atom. The van der Waals surface area contributed by atoms with Gasteiger partial charge < -0.3 is 5.11 Å². The van der Waals surface area contributed by atoms with E-state index in [9.17, 15) is 5.11 Å². The van der Waals surface area contributed by atoms with E-state index in [4.69, 9.17) is 0 Å². The summed E-state index contributed by atoms with van der Waals surface area (Å²) in [6, 6.07) is 0. The van der Waals surface area contributed by atoms with Crippen LogP contribution in [0.1, 0.15) is 27.2 Å². The van der Waals surface area contributed by atoms with Gasteiger partial charge in [0.25, 0.3) is 0 Å². The fourth-order valence-electron chi connectivity index (χ4n) is 1.44. The molecule has 0 aliphatic heterocycles. The van der Waals surface area contributed by atoms with E-state index in [0.717, 1.165) is 12.0 Å². The van der Waals surface area contributed by atoms with Crippen LogP contribution in [0.5, 0.6) is 0 Å². The molecule has 1 atom stereocenters. The van der Waals surface area contributed by atoms with Crippen LogP contribution < -0.4 is 0 Å². The van der Waals surface area contributed by atoms with Gasteiger partial charge in [-0.05, 0) is 32.8 Å². The van der Waals surface area contributed by atoms with Crippen molar-refractivity contribution in [2.75, 3.05) is 0 Å². The fraction of sp³-hybridized carbons (Fsp3) is 0.556. The Bertz CT molecular complexity index is 197. The highest BCUT2D eigenvalue weighted by atomic mass is 16.3. The van der Waals surface area contributed by atoms with Gasteiger partial charge in [0.15, 0.2) is 0 Å². The smallest absolute Gasteiger partial charge is 0.0761 e.